The zero-order valence-electron chi connectivity index (χ0n) is 6.85. The molecule has 64 valence electrons. The average Bonchev–Trinajstić information content (AvgIpc) is 2.31. The second-order valence-electron chi connectivity index (χ2n) is 3.43. The van der Waals surface area contributed by atoms with Gasteiger partial charge in [0, 0.05) is 9.30 Å². The van der Waals surface area contributed by atoms with E-state index >= 15 is 0 Å². The van der Waals surface area contributed by atoms with Gasteiger partial charge in [-0.3, -0.25) is 0 Å². The Kier molecular flexibility index (Phi) is 2.30. The minimum absolute atomic E-state index is 0.546. The fourth-order valence-corrected chi connectivity index (χ4v) is 2.76. The van der Waals surface area contributed by atoms with Crippen molar-refractivity contribution in [3.05, 3.63) is 33.8 Å². The van der Waals surface area contributed by atoms with Gasteiger partial charge < -0.3 is 0 Å². The largest absolute Gasteiger partial charge is 0.0836 e. The molecule has 0 heterocycles. The van der Waals surface area contributed by atoms with Crippen LogP contribution in [0.25, 0.3) is 0 Å². The molecule has 0 fully saturated rings. The highest BCUT2D eigenvalue weighted by Crippen LogP contribution is 2.42. The molecule has 2 rings (SSSR count). The molecule has 0 aromatic heterocycles. The van der Waals surface area contributed by atoms with E-state index in [0.29, 0.717) is 4.83 Å². The number of halogens is 2. The Bertz CT molecular complexity index is 307. The van der Waals surface area contributed by atoms with Crippen molar-refractivity contribution in [2.24, 2.45) is 5.92 Å². The Hall–Kier alpha value is 0.180. The van der Waals surface area contributed by atoms with Crippen LogP contribution >= 0.6 is 31.9 Å². The monoisotopic (exact) mass is 288 g/mol. The van der Waals surface area contributed by atoms with Crippen LogP contribution in [0.1, 0.15) is 22.9 Å². The van der Waals surface area contributed by atoms with Gasteiger partial charge in [0.25, 0.3) is 0 Å². The van der Waals surface area contributed by atoms with Gasteiger partial charge in [-0.15, -0.1) is 0 Å². The van der Waals surface area contributed by atoms with E-state index in [1.54, 1.807) is 0 Å². The predicted octanol–water partition coefficient (Wildman–Crippen LogP) is 4.08. The Morgan fingerprint density at radius 2 is 2.17 bits per heavy atom. The molecule has 2 heteroatoms. The van der Waals surface area contributed by atoms with E-state index in [2.05, 4.69) is 57.0 Å². The normalized spacial score (nSPS) is 27.2. The maximum atomic E-state index is 3.72. The SMILES string of the molecule is CC1Cc2ccc(Br)cc2C1Br. The van der Waals surface area contributed by atoms with Crippen LogP contribution < -0.4 is 0 Å². The Balaban J connectivity index is 2.48. The van der Waals surface area contributed by atoms with Crippen molar-refractivity contribution in [1.29, 1.82) is 0 Å². The van der Waals surface area contributed by atoms with Gasteiger partial charge in [0.2, 0.25) is 0 Å². The van der Waals surface area contributed by atoms with Crippen molar-refractivity contribution in [1.82, 2.24) is 0 Å². The maximum Gasteiger partial charge on any atom is 0.0427 e. The van der Waals surface area contributed by atoms with E-state index in [1.807, 2.05) is 0 Å². The molecule has 0 bridgehead atoms. The van der Waals surface area contributed by atoms with Gasteiger partial charge in [-0.05, 0) is 35.6 Å². The lowest BCUT2D eigenvalue weighted by Gasteiger charge is -2.06. The third kappa shape index (κ3) is 1.35. The molecule has 12 heavy (non-hydrogen) atoms. The van der Waals surface area contributed by atoms with Crippen LogP contribution in [-0.2, 0) is 6.42 Å². The molecule has 0 radical (unpaired) electrons. The zero-order valence-corrected chi connectivity index (χ0v) is 10.0. The first kappa shape index (κ1) is 8.76. The van der Waals surface area contributed by atoms with Crippen LogP contribution in [0, 0.1) is 5.92 Å². The summed E-state index contributed by atoms with van der Waals surface area (Å²) in [6.07, 6.45) is 1.21. The van der Waals surface area contributed by atoms with Gasteiger partial charge in [0.1, 0.15) is 0 Å². The first-order valence-corrected chi connectivity index (χ1v) is 5.82. The van der Waals surface area contributed by atoms with Crippen LogP contribution in [0.3, 0.4) is 0 Å². The lowest BCUT2D eigenvalue weighted by Crippen LogP contribution is -1.93. The molecule has 0 spiro atoms. The van der Waals surface area contributed by atoms with Crippen LogP contribution in [-0.4, -0.2) is 0 Å². The number of fused-ring (bicyclic) bond motifs is 1. The highest BCUT2D eigenvalue weighted by atomic mass is 79.9. The molecular weight excluding hydrogens is 280 g/mol. The smallest absolute Gasteiger partial charge is 0.0427 e. The Labute approximate surface area is 89.6 Å². The molecule has 0 saturated heterocycles. The third-order valence-corrected chi connectivity index (χ3v) is 4.34. The van der Waals surface area contributed by atoms with Crippen molar-refractivity contribution in [3.63, 3.8) is 0 Å². The molecule has 1 aliphatic rings. The minimum atomic E-state index is 0.546. The van der Waals surface area contributed by atoms with Crippen molar-refractivity contribution >= 4 is 31.9 Å². The predicted molar refractivity (Wildman–Crippen MR) is 58.7 cm³/mol. The summed E-state index contributed by atoms with van der Waals surface area (Å²) in [5, 5.41) is 0. The number of hydrogen-bond acceptors (Lipinski definition) is 0. The molecular formula is C10H10Br2. The summed E-state index contributed by atoms with van der Waals surface area (Å²) >= 11 is 7.21. The van der Waals surface area contributed by atoms with Crippen LogP contribution in [0.15, 0.2) is 22.7 Å². The lowest BCUT2D eigenvalue weighted by atomic mass is 10.1. The van der Waals surface area contributed by atoms with Crippen molar-refractivity contribution in [2.45, 2.75) is 18.2 Å². The van der Waals surface area contributed by atoms with Crippen LogP contribution in [0.4, 0.5) is 0 Å². The zero-order chi connectivity index (χ0) is 8.72. The highest BCUT2D eigenvalue weighted by Gasteiger charge is 2.26. The molecule has 1 aromatic rings. The van der Waals surface area contributed by atoms with Crippen LogP contribution in [0.2, 0.25) is 0 Å². The third-order valence-electron chi connectivity index (χ3n) is 2.45. The van der Waals surface area contributed by atoms with Gasteiger partial charge >= 0.3 is 0 Å². The van der Waals surface area contributed by atoms with E-state index in [9.17, 15) is 0 Å². The topological polar surface area (TPSA) is 0 Å². The summed E-state index contributed by atoms with van der Waals surface area (Å²) in [5.41, 5.74) is 2.95. The molecule has 1 aliphatic carbocycles. The van der Waals surface area contributed by atoms with Gasteiger partial charge in [-0.2, -0.15) is 0 Å². The summed E-state index contributed by atoms with van der Waals surface area (Å²) < 4.78 is 1.18. The molecule has 0 aliphatic heterocycles. The number of benzene rings is 1. The fraction of sp³-hybridized carbons (Fsp3) is 0.400. The molecule has 0 nitrogen and oxygen atoms in total. The van der Waals surface area contributed by atoms with E-state index in [-0.39, 0.29) is 0 Å². The number of rotatable bonds is 0. The van der Waals surface area contributed by atoms with Crippen molar-refractivity contribution < 1.29 is 0 Å². The molecule has 1 aromatic carbocycles. The summed E-state index contributed by atoms with van der Waals surface area (Å²) in [5.74, 6) is 0.731. The fourth-order valence-electron chi connectivity index (χ4n) is 1.77. The Morgan fingerprint density at radius 3 is 2.92 bits per heavy atom. The quantitative estimate of drug-likeness (QED) is 0.632. The molecule has 0 amide bonds. The minimum Gasteiger partial charge on any atom is -0.0836 e. The second kappa shape index (κ2) is 3.15. The van der Waals surface area contributed by atoms with E-state index < -0.39 is 0 Å². The first-order valence-electron chi connectivity index (χ1n) is 4.11. The van der Waals surface area contributed by atoms with Gasteiger partial charge in [0.05, 0.1) is 0 Å². The summed E-state index contributed by atoms with van der Waals surface area (Å²) in [7, 11) is 0. The van der Waals surface area contributed by atoms with Crippen molar-refractivity contribution in [3.8, 4) is 0 Å². The van der Waals surface area contributed by atoms with E-state index in [1.165, 1.54) is 22.0 Å². The number of hydrogen-bond donors (Lipinski definition) is 0. The van der Waals surface area contributed by atoms with Crippen molar-refractivity contribution in [2.75, 3.05) is 0 Å². The lowest BCUT2D eigenvalue weighted by molar-refractivity contribution is 0.623. The van der Waals surface area contributed by atoms with Gasteiger partial charge in [-0.1, -0.05) is 44.8 Å². The van der Waals surface area contributed by atoms with Crippen LogP contribution in [0.5, 0.6) is 0 Å². The number of alkyl halides is 1. The summed E-state index contributed by atoms with van der Waals surface area (Å²) in [6.45, 7) is 2.29. The van der Waals surface area contributed by atoms with Gasteiger partial charge in [-0.25, -0.2) is 0 Å². The van der Waals surface area contributed by atoms with Gasteiger partial charge in [0.15, 0.2) is 0 Å². The van der Waals surface area contributed by atoms with E-state index in [4.69, 9.17) is 0 Å². The second-order valence-corrected chi connectivity index (χ2v) is 5.33. The van der Waals surface area contributed by atoms with E-state index in [0.717, 1.165) is 5.92 Å². The molecule has 2 unspecified atom stereocenters. The summed E-state index contributed by atoms with van der Waals surface area (Å²) in [6, 6.07) is 6.56. The highest BCUT2D eigenvalue weighted by molar-refractivity contribution is 9.10. The Morgan fingerprint density at radius 1 is 1.42 bits per heavy atom. The maximum absolute atomic E-state index is 3.72. The molecule has 2 atom stereocenters. The first-order chi connectivity index (χ1) is 5.68. The molecule has 0 N–H and O–H groups in total. The summed E-state index contributed by atoms with van der Waals surface area (Å²) in [4.78, 5) is 0.546. The molecule has 0 saturated carbocycles. The average molecular weight is 290 g/mol. The standard InChI is InChI=1S/C10H10Br2/c1-6-4-7-2-3-8(11)5-9(7)10(6)12/h2-3,5-6,10H,4H2,1H3.